The van der Waals surface area contributed by atoms with E-state index in [9.17, 15) is 9.59 Å². The molecule has 1 aromatic rings. The number of benzene rings is 1. The molecule has 1 heterocycles. The molecule has 1 aromatic carbocycles. The summed E-state index contributed by atoms with van der Waals surface area (Å²) in [6.07, 6.45) is 4.84. The highest BCUT2D eigenvalue weighted by Crippen LogP contribution is 2.19. The van der Waals surface area contributed by atoms with Gasteiger partial charge in [-0.15, -0.1) is 0 Å². The lowest BCUT2D eigenvalue weighted by atomic mass is 9.90. The predicted octanol–water partition coefficient (Wildman–Crippen LogP) is 2.56. The molecule has 0 aromatic heterocycles. The first-order chi connectivity index (χ1) is 11.0. The molecular weight excluding hydrogens is 288 g/mol. The normalized spacial score (nSPS) is 20.7. The summed E-state index contributed by atoms with van der Waals surface area (Å²) in [5.41, 5.74) is 7.79. The predicted molar refractivity (Wildman–Crippen MR) is 92.2 cm³/mol. The molecule has 126 valence electrons. The van der Waals surface area contributed by atoms with Crippen LogP contribution in [0.2, 0.25) is 0 Å². The van der Waals surface area contributed by atoms with Crippen molar-refractivity contribution in [2.24, 2.45) is 11.7 Å². The smallest absolute Gasteiger partial charge is 0.150 e. The van der Waals surface area contributed by atoms with Crippen LogP contribution in [0.15, 0.2) is 24.3 Å². The maximum absolute atomic E-state index is 12.4. The quantitative estimate of drug-likeness (QED) is 0.811. The molecule has 1 saturated heterocycles. The molecule has 0 aliphatic carbocycles. The molecule has 4 nitrogen and oxygen atoms in total. The maximum Gasteiger partial charge on any atom is 0.150 e. The second-order valence-corrected chi connectivity index (χ2v) is 6.76. The Morgan fingerprint density at radius 2 is 2.13 bits per heavy atom. The molecule has 0 spiro atoms. The second-order valence-electron chi connectivity index (χ2n) is 6.76. The van der Waals surface area contributed by atoms with Crippen LogP contribution in [0.3, 0.4) is 0 Å². The third-order valence-electron chi connectivity index (χ3n) is 4.70. The van der Waals surface area contributed by atoms with Gasteiger partial charge in [-0.3, -0.25) is 9.59 Å². The van der Waals surface area contributed by atoms with E-state index in [4.69, 9.17) is 5.73 Å². The van der Waals surface area contributed by atoms with Crippen LogP contribution in [0.4, 0.5) is 0 Å². The Hall–Kier alpha value is -1.52. The minimum absolute atomic E-state index is 0.0115. The van der Waals surface area contributed by atoms with Gasteiger partial charge in [0.2, 0.25) is 0 Å². The number of carbonyl (C=O) groups excluding carboxylic acids is 2. The van der Waals surface area contributed by atoms with Gasteiger partial charge >= 0.3 is 0 Å². The van der Waals surface area contributed by atoms with Crippen LogP contribution < -0.4 is 11.1 Å². The van der Waals surface area contributed by atoms with E-state index in [1.165, 1.54) is 19.8 Å². The number of Topliss-reactive ketones (excluding diaryl/α,β-unsaturated/α-hetero) is 2. The molecule has 1 aliphatic heterocycles. The molecule has 0 amide bonds. The van der Waals surface area contributed by atoms with Crippen molar-refractivity contribution >= 4 is 11.6 Å². The molecule has 0 radical (unpaired) electrons. The van der Waals surface area contributed by atoms with E-state index in [1.54, 1.807) is 0 Å². The summed E-state index contributed by atoms with van der Waals surface area (Å²) in [6.45, 7) is 4.51. The van der Waals surface area contributed by atoms with Gasteiger partial charge in [0.05, 0.1) is 6.04 Å². The fourth-order valence-electron chi connectivity index (χ4n) is 3.16. The zero-order chi connectivity index (χ0) is 16.8. The van der Waals surface area contributed by atoms with Gasteiger partial charge < -0.3 is 11.1 Å². The van der Waals surface area contributed by atoms with E-state index >= 15 is 0 Å². The second kappa shape index (κ2) is 8.37. The zero-order valence-electron chi connectivity index (χ0n) is 14.2. The van der Waals surface area contributed by atoms with Crippen LogP contribution in [0.1, 0.15) is 56.7 Å². The molecule has 3 atom stereocenters. The van der Waals surface area contributed by atoms with E-state index in [0.29, 0.717) is 24.7 Å². The number of nitrogens with one attached hydrogen (secondary N) is 1. The number of hydrogen-bond donors (Lipinski definition) is 2. The van der Waals surface area contributed by atoms with Gasteiger partial charge in [0.25, 0.3) is 0 Å². The number of rotatable bonds is 7. The highest BCUT2D eigenvalue weighted by Gasteiger charge is 2.21. The third kappa shape index (κ3) is 5.26. The van der Waals surface area contributed by atoms with Crippen molar-refractivity contribution in [3.63, 3.8) is 0 Å². The van der Waals surface area contributed by atoms with Crippen LogP contribution in [-0.2, 0) is 16.0 Å². The average Bonchev–Trinajstić information content (AvgIpc) is 2.55. The summed E-state index contributed by atoms with van der Waals surface area (Å²) < 4.78 is 0. The minimum Gasteiger partial charge on any atom is -0.318 e. The first-order valence-corrected chi connectivity index (χ1v) is 8.58. The topological polar surface area (TPSA) is 72.2 Å². The first-order valence-electron chi connectivity index (χ1n) is 8.58. The highest BCUT2D eigenvalue weighted by atomic mass is 16.1. The highest BCUT2D eigenvalue weighted by molar-refractivity contribution is 5.83. The largest absolute Gasteiger partial charge is 0.318 e. The van der Waals surface area contributed by atoms with Gasteiger partial charge in [-0.1, -0.05) is 37.6 Å². The molecule has 2 rings (SSSR count). The lowest BCUT2D eigenvalue weighted by Crippen LogP contribution is -2.36. The molecule has 0 saturated carbocycles. The fraction of sp³-hybridized carbons (Fsp3) is 0.579. The summed E-state index contributed by atoms with van der Waals surface area (Å²) in [7, 11) is 0. The van der Waals surface area contributed by atoms with E-state index in [2.05, 4.69) is 5.32 Å². The monoisotopic (exact) mass is 316 g/mol. The van der Waals surface area contributed by atoms with Crippen molar-refractivity contribution < 1.29 is 9.59 Å². The molecule has 3 N–H and O–H groups in total. The van der Waals surface area contributed by atoms with Gasteiger partial charge in [0.1, 0.15) is 5.78 Å². The van der Waals surface area contributed by atoms with Crippen molar-refractivity contribution in [2.45, 2.75) is 58.0 Å². The summed E-state index contributed by atoms with van der Waals surface area (Å²) in [4.78, 5) is 23.8. The van der Waals surface area contributed by atoms with Gasteiger partial charge in [-0.05, 0) is 43.9 Å². The number of ketones is 2. The van der Waals surface area contributed by atoms with Crippen molar-refractivity contribution in [1.29, 1.82) is 0 Å². The fourth-order valence-corrected chi connectivity index (χ4v) is 3.16. The molecule has 2 unspecified atom stereocenters. The molecule has 0 bridgehead atoms. The van der Waals surface area contributed by atoms with Gasteiger partial charge in [0, 0.05) is 18.4 Å². The van der Waals surface area contributed by atoms with Crippen LogP contribution in [0, 0.1) is 5.92 Å². The van der Waals surface area contributed by atoms with Crippen LogP contribution in [0.25, 0.3) is 0 Å². The Balaban J connectivity index is 1.93. The van der Waals surface area contributed by atoms with Crippen LogP contribution in [0.5, 0.6) is 0 Å². The van der Waals surface area contributed by atoms with Crippen LogP contribution in [-0.4, -0.2) is 24.2 Å². The number of nitrogens with two attached hydrogens (primary N) is 1. The molecular formula is C19H28N2O2. The third-order valence-corrected chi connectivity index (χ3v) is 4.70. The van der Waals surface area contributed by atoms with Crippen LogP contribution >= 0.6 is 0 Å². The molecule has 1 fully saturated rings. The van der Waals surface area contributed by atoms with Crippen molar-refractivity contribution in [3.8, 4) is 0 Å². The Kier molecular flexibility index (Phi) is 6.48. The van der Waals surface area contributed by atoms with E-state index in [1.807, 2.05) is 31.2 Å². The number of hydrogen-bond acceptors (Lipinski definition) is 4. The summed E-state index contributed by atoms with van der Waals surface area (Å²) in [5, 5.41) is 3.43. The standard InChI is InChI=1S/C19H28N2O2/c1-13(18(23)12-17-8-3-4-9-21-17)10-15-6-5-7-16(11-15)19(20)14(2)22/h5-7,11,13,17,19,21H,3-4,8-10,12,20H2,1-2H3/t13?,17?,19-/m1/s1. The molecule has 1 aliphatic rings. The minimum atomic E-state index is -0.576. The van der Waals surface area contributed by atoms with Crippen molar-refractivity contribution in [1.82, 2.24) is 5.32 Å². The Bertz CT molecular complexity index is 550. The number of carbonyl (C=O) groups is 2. The summed E-state index contributed by atoms with van der Waals surface area (Å²) in [6, 6.07) is 7.50. The number of piperidine rings is 1. The van der Waals surface area contributed by atoms with E-state index < -0.39 is 6.04 Å². The SMILES string of the molecule is CC(=O)[C@@H](N)c1cccc(CC(C)C(=O)CC2CCCCN2)c1. The van der Waals surface area contributed by atoms with Crippen molar-refractivity contribution in [3.05, 3.63) is 35.4 Å². The average molecular weight is 316 g/mol. The Morgan fingerprint density at radius 1 is 1.35 bits per heavy atom. The lowest BCUT2D eigenvalue weighted by molar-refractivity contribution is -0.123. The van der Waals surface area contributed by atoms with Crippen molar-refractivity contribution in [2.75, 3.05) is 6.54 Å². The summed E-state index contributed by atoms with van der Waals surface area (Å²) in [5.74, 6) is 0.253. The Morgan fingerprint density at radius 3 is 2.78 bits per heavy atom. The van der Waals surface area contributed by atoms with E-state index in [0.717, 1.165) is 24.1 Å². The molecule has 23 heavy (non-hydrogen) atoms. The van der Waals surface area contributed by atoms with Gasteiger partial charge in [-0.2, -0.15) is 0 Å². The maximum atomic E-state index is 12.4. The molecule has 4 heteroatoms. The lowest BCUT2D eigenvalue weighted by Gasteiger charge is -2.24. The zero-order valence-corrected chi connectivity index (χ0v) is 14.2. The first kappa shape index (κ1) is 17.8. The van der Waals surface area contributed by atoms with E-state index in [-0.39, 0.29) is 11.7 Å². The van der Waals surface area contributed by atoms with Gasteiger partial charge in [0.15, 0.2) is 5.78 Å². The summed E-state index contributed by atoms with van der Waals surface area (Å²) >= 11 is 0. The Labute approximate surface area is 138 Å². The van der Waals surface area contributed by atoms with Gasteiger partial charge in [-0.25, -0.2) is 0 Å².